The van der Waals surface area contributed by atoms with Crippen molar-refractivity contribution in [1.82, 2.24) is 4.90 Å². The number of likely N-dealkylation sites (N-methyl/N-ethyl adjacent to an activating group) is 1. The van der Waals surface area contributed by atoms with Gasteiger partial charge in [0.2, 0.25) is 5.91 Å². The van der Waals surface area contributed by atoms with E-state index in [0.29, 0.717) is 30.1 Å². The Morgan fingerprint density at radius 2 is 2.32 bits per heavy atom. The van der Waals surface area contributed by atoms with Crippen LogP contribution >= 0.6 is 11.6 Å². The molecule has 4 nitrogen and oxygen atoms in total. The minimum atomic E-state index is 0.222. The third-order valence-corrected chi connectivity index (χ3v) is 3.60. The quantitative estimate of drug-likeness (QED) is 0.848. The summed E-state index contributed by atoms with van der Waals surface area (Å²) in [6.45, 7) is 2.22. The monoisotopic (exact) mass is 277 g/mol. The summed E-state index contributed by atoms with van der Waals surface area (Å²) in [5.41, 5.74) is 1.40. The molecule has 0 bridgehead atoms. The number of carbonyl (C=O) groups is 1. The fraction of sp³-hybridized carbons (Fsp3) is 0.429. The molecule has 100 valence electrons. The standard InChI is InChI=1S/C14H16ClN3O/c1-17(7-8-18-6-2-3-14(18)19)13-9-12(15)5-4-11(13)10-16/h4-5,9H,2-3,6-8H2,1H3. The van der Waals surface area contributed by atoms with E-state index in [0.717, 1.165) is 18.7 Å². The first-order chi connectivity index (χ1) is 9.11. The molecular formula is C14H16ClN3O. The van der Waals surface area contributed by atoms with Gasteiger partial charge in [0, 0.05) is 38.1 Å². The fourth-order valence-electron chi connectivity index (χ4n) is 2.25. The molecule has 0 saturated carbocycles. The summed E-state index contributed by atoms with van der Waals surface area (Å²) in [6, 6.07) is 7.37. The Morgan fingerprint density at radius 3 is 2.95 bits per heavy atom. The molecule has 1 saturated heterocycles. The number of carbonyl (C=O) groups excluding carboxylic acids is 1. The van der Waals surface area contributed by atoms with Crippen molar-refractivity contribution in [3.8, 4) is 6.07 Å². The second-order valence-electron chi connectivity index (χ2n) is 4.68. The lowest BCUT2D eigenvalue weighted by Crippen LogP contribution is -2.34. The predicted molar refractivity (Wildman–Crippen MR) is 75.3 cm³/mol. The molecule has 0 atom stereocenters. The molecule has 1 fully saturated rings. The predicted octanol–water partition coefficient (Wildman–Crippen LogP) is 2.27. The fourth-order valence-corrected chi connectivity index (χ4v) is 2.41. The summed E-state index contributed by atoms with van der Waals surface area (Å²) in [6.07, 6.45) is 1.60. The molecule has 0 radical (unpaired) electrons. The molecule has 19 heavy (non-hydrogen) atoms. The van der Waals surface area contributed by atoms with Gasteiger partial charge in [0.15, 0.2) is 0 Å². The van der Waals surface area contributed by atoms with E-state index < -0.39 is 0 Å². The van der Waals surface area contributed by atoms with Crippen LogP contribution in [0.25, 0.3) is 0 Å². The number of amides is 1. The highest BCUT2D eigenvalue weighted by molar-refractivity contribution is 6.30. The Morgan fingerprint density at radius 1 is 1.53 bits per heavy atom. The smallest absolute Gasteiger partial charge is 0.222 e. The van der Waals surface area contributed by atoms with Gasteiger partial charge >= 0.3 is 0 Å². The highest BCUT2D eigenvalue weighted by atomic mass is 35.5. The first kappa shape index (κ1) is 13.7. The number of hydrogen-bond donors (Lipinski definition) is 0. The largest absolute Gasteiger partial charge is 0.372 e. The zero-order valence-corrected chi connectivity index (χ0v) is 11.7. The number of hydrogen-bond acceptors (Lipinski definition) is 3. The van der Waals surface area contributed by atoms with Gasteiger partial charge in [0.1, 0.15) is 6.07 Å². The van der Waals surface area contributed by atoms with Crippen molar-refractivity contribution in [2.75, 3.05) is 31.6 Å². The van der Waals surface area contributed by atoms with Gasteiger partial charge in [-0.25, -0.2) is 0 Å². The zero-order chi connectivity index (χ0) is 13.8. The van der Waals surface area contributed by atoms with Crippen molar-refractivity contribution in [3.05, 3.63) is 28.8 Å². The summed E-state index contributed by atoms with van der Waals surface area (Å²) < 4.78 is 0. The van der Waals surface area contributed by atoms with Crippen molar-refractivity contribution >= 4 is 23.2 Å². The minimum Gasteiger partial charge on any atom is -0.372 e. The molecular weight excluding hydrogens is 262 g/mol. The van der Waals surface area contributed by atoms with Crippen LogP contribution in [-0.4, -0.2) is 37.5 Å². The maximum Gasteiger partial charge on any atom is 0.222 e. The van der Waals surface area contributed by atoms with E-state index in [1.165, 1.54) is 0 Å². The maximum atomic E-state index is 11.5. The van der Waals surface area contributed by atoms with Gasteiger partial charge in [-0.15, -0.1) is 0 Å². The van der Waals surface area contributed by atoms with Gasteiger partial charge in [-0.05, 0) is 24.6 Å². The van der Waals surface area contributed by atoms with E-state index in [-0.39, 0.29) is 5.91 Å². The van der Waals surface area contributed by atoms with E-state index in [4.69, 9.17) is 16.9 Å². The first-order valence-electron chi connectivity index (χ1n) is 6.30. The third kappa shape index (κ3) is 3.18. The number of benzene rings is 1. The normalized spacial score (nSPS) is 14.6. The molecule has 0 unspecified atom stereocenters. The van der Waals surface area contributed by atoms with Crippen molar-refractivity contribution in [2.24, 2.45) is 0 Å². The van der Waals surface area contributed by atoms with Crippen LogP contribution in [-0.2, 0) is 4.79 Å². The van der Waals surface area contributed by atoms with Crippen LogP contribution in [0.5, 0.6) is 0 Å². The summed E-state index contributed by atoms with van der Waals surface area (Å²) >= 11 is 5.97. The molecule has 1 aromatic carbocycles. The van der Waals surface area contributed by atoms with E-state index in [1.54, 1.807) is 18.2 Å². The van der Waals surface area contributed by atoms with Crippen LogP contribution in [0.3, 0.4) is 0 Å². The SMILES string of the molecule is CN(CCN1CCCC1=O)c1cc(Cl)ccc1C#N. The Balaban J connectivity index is 2.03. The number of nitriles is 1. The Bertz CT molecular complexity index is 524. The number of nitrogens with zero attached hydrogens (tertiary/aromatic N) is 3. The van der Waals surface area contributed by atoms with E-state index in [9.17, 15) is 4.79 Å². The van der Waals surface area contributed by atoms with Crippen molar-refractivity contribution in [1.29, 1.82) is 5.26 Å². The Kier molecular flexibility index (Phi) is 4.28. The lowest BCUT2D eigenvalue weighted by atomic mass is 10.2. The lowest BCUT2D eigenvalue weighted by Gasteiger charge is -2.24. The number of anilines is 1. The van der Waals surface area contributed by atoms with Crippen LogP contribution in [0, 0.1) is 11.3 Å². The van der Waals surface area contributed by atoms with Crippen molar-refractivity contribution in [3.63, 3.8) is 0 Å². The average molecular weight is 278 g/mol. The minimum absolute atomic E-state index is 0.222. The number of rotatable bonds is 4. The first-order valence-corrected chi connectivity index (χ1v) is 6.68. The molecule has 0 aliphatic carbocycles. The number of likely N-dealkylation sites (tertiary alicyclic amines) is 1. The summed E-state index contributed by atoms with van der Waals surface area (Å²) in [4.78, 5) is 15.4. The highest BCUT2D eigenvalue weighted by Gasteiger charge is 2.20. The van der Waals surface area contributed by atoms with E-state index in [2.05, 4.69) is 6.07 Å². The topological polar surface area (TPSA) is 47.3 Å². The van der Waals surface area contributed by atoms with Crippen LogP contribution in [0.2, 0.25) is 5.02 Å². The van der Waals surface area contributed by atoms with Gasteiger partial charge in [-0.2, -0.15) is 5.26 Å². The van der Waals surface area contributed by atoms with Crippen LogP contribution in [0.15, 0.2) is 18.2 Å². The van der Waals surface area contributed by atoms with Gasteiger partial charge in [0.05, 0.1) is 11.3 Å². The van der Waals surface area contributed by atoms with E-state index >= 15 is 0 Å². The molecule has 1 aromatic rings. The van der Waals surface area contributed by atoms with Gasteiger partial charge in [-0.3, -0.25) is 4.79 Å². The summed E-state index contributed by atoms with van der Waals surface area (Å²) in [7, 11) is 1.91. The summed E-state index contributed by atoms with van der Waals surface area (Å²) in [5.74, 6) is 0.222. The van der Waals surface area contributed by atoms with Crippen molar-refractivity contribution in [2.45, 2.75) is 12.8 Å². The molecule has 2 rings (SSSR count). The van der Waals surface area contributed by atoms with Gasteiger partial charge < -0.3 is 9.80 Å². The highest BCUT2D eigenvalue weighted by Crippen LogP contribution is 2.23. The molecule has 0 aromatic heterocycles. The molecule has 1 amide bonds. The molecule has 5 heteroatoms. The molecule has 1 aliphatic heterocycles. The van der Waals surface area contributed by atoms with Crippen LogP contribution in [0.1, 0.15) is 18.4 Å². The average Bonchev–Trinajstić information content (AvgIpc) is 2.81. The third-order valence-electron chi connectivity index (χ3n) is 3.37. The Labute approximate surface area is 118 Å². The lowest BCUT2D eigenvalue weighted by molar-refractivity contribution is -0.127. The Hall–Kier alpha value is -1.73. The summed E-state index contributed by atoms with van der Waals surface area (Å²) in [5, 5.41) is 9.71. The number of halogens is 1. The van der Waals surface area contributed by atoms with Crippen LogP contribution in [0.4, 0.5) is 5.69 Å². The van der Waals surface area contributed by atoms with Gasteiger partial charge in [-0.1, -0.05) is 11.6 Å². The second-order valence-corrected chi connectivity index (χ2v) is 5.12. The van der Waals surface area contributed by atoms with E-state index in [1.807, 2.05) is 16.8 Å². The van der Waals surface area contributed by atoms with Crippen LogP contribution < -0.4 is 4.90 Å². The maximum absolute atomic E-state index is 11.5. The molecule has 1 heterocycles. The molecule has 0 N–H and O–H groups in total. The van der Waals surface area contributed by atoms with Crippen molar-refractivity contribution < 1.29 is 4.79 Å². The second kappa shape index (κ2) is 5.94. The molecule has 1 aliphatic rings. The zero-order valence-electron chi connectivity index (χ0n) is 10.9. The molecule has 0 spiro atoms. The van der Waals surface area contributed by atoms with Gasteiger partial charge in [0.25, 0.3) is 0 Å².